The number of hydrogen-bond donors (Lipinski definition) is 0. The van der Waals surface area contributed by atoms with E-state index in [2.05, 4.69) is 10.6 Å². The van der Waals surface area contributed by atoms with Gasteiger partial charge in [-0.15, -0.1) is 11.6 Å². The molecular formula is C16H15ClN2O. The smallest absolute Gasteiger partial charge is 0.179 e. The van der Waals surface area contributed by atoms with E-state index in [0.717, 1.165) is 17.0 Å². The van der Waals surface area contributed by atoms with Crippen LogP contribution in [0.25, 0.3) is 0 Å². The summed E-state index contributed by atoms with van der Waals surface area (Å²) >= 11 is 5.62. The first-order valence-electron chi connectivity index (χ1n) is 6.31. The molecule has 0 aliphatic carbocycles. The van der Waals surface area contributed by atoms with Gasteiger partial charge >= 0.3 is 0 Å². The number of benzene rings is 1. The van der Waals surface area contributed by atoms with E-state index >= 15 is 0 Å². The number of carbonyl (C=O) groups is 1. The quantitative estimate of drug-likeness (QED) is 0.638. The lowest BCUT2D eigenvalue weighted by molar-refractivity contribution is 0.102. The number of aryl methyl sites for hydroxylation is 1. The number of ketones is 1. The van der Waals surface area contributed by atoms with E-state index < -0.39 is 0 Å². The van der Waals surface area contributed by atoms with Gasteiger partial charge in [0.2, 0.25) is 0 Å². The first-order chi connectivity index (χ1) is 9.56. The van der Waals surface area contributed by atoms with Gasteiger partial charge in [-0.25, -0.2) is 0 Å². The minimum Gasteiger partial charge on any atom is -0.344 e. The van der Waals surface area contributed by atoms with E-state index in [4.69, 9.17) is 16.9 Å². The van der Waals surface area contributed by atoms with Gasteiger partial charge in [-0.05, 0) is 37.6 Å². The van der Waals surface area contributed by atoms with Gasteiger partial charge in [-0.2, -0.15) is 5.26 Å². The topological polar surface area (TPSA) is 45.8 Å². The monoisotopic (exact) mass is 286 g/mol. The maximum Gasteiger partial charge on any atom is 0.179 e. The van der Waals surface area contributed by atoms with Crippen LogP contribution in [0.1, 0.15) is 32.9 Å². The highest BCUT2D eigenvalue weighted by Crippen LogP contribution is 2.18. The average Bonchev–Trinajstić information content (AvgIpc) is 2.75. The summed E-state index contributed by atoms with van der Waals surface area (Å²) in [6.45, 7) is 4.58. The molecule has 0 amide bonds. The number of Topliss-reactive ketones (excluding diaryl/α,β-unsaturated/α-hetero) is 1. The molecule has 1 aromatic carbocycles. The summed E-state index contributed by atoms with van der Waals surface area (Å²) in [4.78, 5) is 11.8. The Morgan fingerprint density at radius 1 is 1.30 bits per heavy atom. The number of rotatable bonds is 4. The van der Waals surface area contributed by atoms with Crippen molar-refractivity contribution in [2.24, 2.45) is 0 Å². The Bertz CT molecular complexity index is 678. The Balaban J connectivity index is 2.31. The number of nitrogens with zero attached hydrogens (tertiary/aromatic N) is 2. The van der Waals surface area contributed by atoms with Crippen LogP contribution >= 0.6 is 11.6 Å². The largest absolute Gasteiger partial charge is 0.344 e. The average molecular weight is 287 g/mol. The van der Waals surface area contributed by atoms with Crippen LogP contribution in [-0.4, -0.2) is 16.2 Å². The van der Waals surface area contributed by atoms with Crippen molar-refractivity contribution in [2.75, 3.05) is 5.88 Å². The third-order valence-electron chi connectivity index (χ3n) is 3.42. The predicted octanol–water partition coefficient (Wildman–Crippen LogP) is 3.45. The van der Waals surface area contributed by atoms with Crippen LogP contribution in [0, 0.1) is 25.2 Å². The standard InChI is InChI=1S/C16H15ClN2O/c1-11-7-15(16(20)8-17)12(2)19(11)10-14-5-3-13(9-18)4-6-14/h3-7H,8,10H2,1-2H3. The molecule has 20 heavy (non-hydrogen) atoms. The van der Waals surface area contributed by atoms with Crippen LogP contribution in [0.3, 0.4) is 0 Å². The second-order valence-corrected chi connectivity index (χ2v) is 5.00. The van der Waals surface area contributed by atoms with Crippen LogP contribution < -0.4 is 0 Å². The molecule has 2 rings (SSSR count). The molecule has 2 aromatic rings. The summed E-state index contributed by atoms with van der Waals surface area (Å²) in [5.74, 6) is -0.0490. The molecular weight excluding hydrogens is 272 g/mol. The van der Waals surface area contributed by atoms with Crippen LogP contribution in [0.2, 0.25) is 0 Å². The fourth-order valence-electron chi connectivity index (χ4n) is 2.27. The molecule has 3 nitrogen and oxygen atoms in total. The van der Waals surface area contributed by atoms with Gasteiger partial charge in [0.1, 0.15) is 0 Å². The second-order valence-electron chi connectivity index (χ2n) is 4.74. The van der Waals surface area contributed by atoms with E-state index in [1.54, 1.807) is 12.1 Å². The van der Waals surface area contributed by atoms with Gasteiger partial charge in [0, 0.05) is 23.5 Å². The van der Waals surface area contributed by atoms with Crippen molar-refractivity contribution in [1.82, 2.24) is 4.57 Å². The van der Waals surface area contributed by atoms with Gasteiger partial charge in [-0.1, -0.05) is 12.1 Å². The minimum absolute atomic E-state index is 0.00115. The van der Waals surface area contributed by atoms with Crippen molar-refractivity contribution in [1.29, 1.82) is 5.26 Å². The fourth-order valence-corrected chi connectivity index (χ4v) is 2.41. The van der Waals surface area contributed by atoms with E-state index in [-0.39, 0.29) is 11.7 Å². The SMILES string of the molecule is Cc1cc(C(=O)CCl)c(C)n1Cc1ccc(C#N)cc1. The van der Waals surface area contributed by atoms with Gasteiger partial charge in [-0.3, -0.25) is 4.79 Å². The molecule has 0 unspecified atom stereocenters. The van der Waals surface area contributed by atoms with Crippen molar-refractivity contribution >= 4 is 17.4 Å². The molecule has 0 bridgehead atoms. The van der Waals surface area contributed by atoms with Crippen molar-refractivity contribution in [3.8, 4) is 6.07 Å². The zero-order valence-electron chi connectivity index (χ0n) is 11.5. The highest BCUT2D eigenvalue weighted by molar-refractivity contribution is 6.30. The molecule has 0 saturated carbocycles. The highest BCUT2D eigenvalue weighted by atomic mass is 35.5. The zero-order valence-corrected chi connectivity index (χ0v) is 12.2. The molecule has 0 fully saturated rings. The Morgan fingerprint density at radius 2 is 1.95 bits per heavy atom. The van der Waals surface area contributed by atoms with Crippen LogP contribution in [0.15, 0.2) is 30.3 Å². The summed E-state index contributed by atoms with van der Waals surface area (Å²) in [6.07, 6.45) is 0. The molecule has 1 heterocycles. The Labute approximate surface area is 123 Å². The molecule has 0 N–H and O–H groups in total. The van der Waals surface area contributed by atoms with Crippen molar-refractivity contribution in [2.45, 2.75) is 20.4 Å². The summed E-state index contributed by atoms with van der Waals surface area (Å²) in [5, 5.41) is 8.79. The maximum absolute atomic E-state index is 11.8. The highest BCUT2D eigenvalue weighted by Gasteiger charge is 2.14. The lowest BCUT2D eigenvalue weighted by Crippen LogP contribution is -2.06. The lowest BCUT2D eigenvalue weighted by atomic mass is 10.1. The Kier molecular flexibility index (Phi) is 4.26. The summed E-state index contributed by atoms with van der Waals surface area (Å²) in [7, 11) is 0. The van der Waals surface area contributed by atoms with Crippen molar-refractivity contribution in [3.63, 3.8) is 0 Å². The number of alkyl halides is 1. The molecule has 0 aliphatic heterocycles. The van der Waals surface area contributed by atoms with E-state index in [9.17, 15) is 4.79 Å². The molecule has 1 aromatic heterocycles. The summed E-state index contributed by atoms with van der Waals surface area (Å²) in [5.41, 5.74) is 4.38. The summed E-state index contributed by atoms with van der Waals surface area (Å²) in [6, 6.07) is 11.4. The lowest BCUT2D eigenvalue weighted by Gasteiger charge is -2.10. The van der Waals surface area contributed by atoms with E-state index in [1.807, 2.05) is 32.0 Å². The van der Waals surface area contributed by atoms with Crippen LogP contribution in [0.4, 0.5) is 0 Å². The molecule has 4 heteroatoms. The fraction of sp³-hybridized carbons (Fsp3) is 0.250. The number of carbonyl (C=O) groups excluding carboxylic acids is 1. The third-order valence-corrected chi connectivity index (χ3v) is 3.66. The first-order valence-corrected chi connectivity index (χ1v) is 6.85. The molecule has 0 radical (unpaired) electrons. The van der Waals surface area contributed by atoms with Crippen molar-refractivity contribution in [3.05, 3.63) is 58.4 Å². The van der Waals surface area contributed by atoms with Crippen LogP contribution in [0.5, 0.6) is 0 Å². The number of halogens is 1. The van der Waals surface area contributed by atoms with Gasteiger partial charge < -0.3 is 4.57 Å². The molecule has 0 saturated heterocycles. The van der Waals surface area contributed by atoms with Crippen molar-refractivity contribution < 1.29 is 4.79 Å². The Morgan fingerprint density at radius 3 is 2.50 bits per heavy atom. The number of hydrogen-bond acceptors (Lipinski definition) is 2. The predicted molar refractivity (Wildman–Crippen MR) is 79.2 cm³/mol. The molecule has 0 spiro atoms. The van der Waals surface area contributed by atoms with Gasteiger partial charge in [0.25, 0.3) is 0 Å². The first kappa shape index (κ1) is 14.4. The number of aromatic nitrogens is 1. The maximum atomic E-state index is 11.8. The van der Waals surface area contributed by atoms with Crippen LogP contribution in [-0.2, 0) is 6.54 Å². The molecule has 0 aliphatic rings. The molecule has 102 valence electrons. The second kappa shape index (κ2) is 5.94. The van der Waals surface area contributed by atoms with Gasteiger partial charge in [0.05, 0.1) is 17.5 Å². The Hall–Kier alpha value is -2.05. The third kappa shape index (κ3) is 2.76. The minimum atomic E-state index is -0.0501. The zero-order chi connectivity index (χ0) is 14.7. The molecule has 0 atom stereocenters. The van der Waals surface area contributed by atoms with E-state index in [1.165, 1.54) is 0 Å². The summed E-state index contributed by atoms with van der Waals surface area (Å²) < 4.78 is 2.08. The van der Waals surface area contributed by atoms with E-state index in [0.29, 0.717) is 17.7 Å². The van der Waals surface area contributed by atoms with Gasteiger partial charge in [0.15, 0.2) is 5.78 Å². The normalized spacial score (nSPS) is 10.3. The number of nitriles is 1.